The predicted octanol–water partition coefficient (Wildman–Crippen LogP) is 1.80. The predicted molar refractivity (Wildman–Crippen MR) is 69.8 cm³/mol. The minimum atomic E-state index is -0.387. The Kier molecular flexibility index (Phi) is 5.37. The summed E-state index contributed by atoms with van der Waals surface area (Å²) in [5, 5.41) is 5.88. The van der Waals surface area contributed by atoms with Crippen molar-refractivity contribution in [1.82, 2.24) is 5.32 Å². The molecule has 0 spiro atoms. The lowest BCUT2D eigenvalue weighted by Crippen LogP contribution is -2.24. The summed E-state index contributed by atoms with van der Waals surface area (Å²) >= 11 is 0. The molecule has 0 aromatic heterocycles. The summed E-state index contributed by atoms with van der Waals surface area (Å²) in [6, 6.07) is 4.06. The first-order chi connectivity index (χ1) is 8.20. The number of carbonyl (C=O) groups is 1. The Balaban J connectivity index is 0.00000162. The van der Waals surface area contributed by atoms with Crippen molar-refractivity contribution in [3.8, 4) is 5.75 Å². The van der Waals surface area contributed by atoms with Crippen molar-refractivity contribution in [1.29, 1.82) is 0 Å². The minimum absolute atomic E-state index is 0. The normalized spacial score (nSPS) is 18.0. The van der Waals surface area contributed by atoms with Gasteiger partial charge in [-0.2, -0.15) is 0 Å². The van der Waals surface area contributed by atoms with E-state index in [1.165, 1.54) is 25.3 Å². The minimum Gasteiger partial charge on any atom is -0.494 e. The third-order valence-corrected chi connectivity index (χ3v) is 2.85. The number of hydrogen-bond acceptors (Lipinski definition) is 3. The van der Waals surface area contributed by atoms with E-state index < -0.39 is 0 Å². The maximum absolute atomic E-state index is 13.0. The number of anilines is 1. The van der Waals surface area contributed by atoms with Crippen molar-refractivity contribution < 1.29 is 13.9 Å². The molecule has 100 valence electrons. The van der Waals surface area contributed by atoms with Crippen molar-refractivity contribution in [2.24, 2.45) is 5.92 Å². The lowest BCUT2D eigenvalue weighted by atomic mass is 10.1. The molecule has 0 bridgehead atoms. The topological polar surface area (TPSA) is 50.4 Å². The molecule has 6 heteroatoms. The van der Waals surface area contributed by atoms with Gasteiger partial charge in [0.2, 0.25) is 5.91 Å². The van der Waals surface area contributed by atoms with Gasteiger partial charge in [0.1, 0.15) is 11.6 Å². The highest BCUT2D eigenvalue weighted by atomic mass is 35.5. The Labute approximate surface area is 111 Å². The van der Waals surface area contributed by atoms with E-state index in [9.17, 15) is 9.18 Å². The smallest absolute Gasteiger partial charge is 0.228 e. The second kappa shape index (κ2) is 6.56. The molecule has 1 aliphatic rings. The average molecular weight is 275 g/mol. The van der Waals surface area contributed by atoms with Crippen molar-refractivity contribution >= 4 is 24.0 Å². The lowest BCUT2D eigenvalue weighted by molar-refractivity contribution is -0.119. The fraction of sp³-hybridized carbons (Fsp3) is 0.417. The van der Waals surface area contributed by atoms with Gasteiger partial charge < -0.3 is 15.4 Å². The molecule has 2 rings (SSSR count). The molecule has 0 radical (unpaired) electrons. The van der Waals surface area contributed by atoms with Crippen molar-refractivity contribution in [3.05, 3.63) is 24.0 Å². The average Bonchev–Trinajstić information content (AvgIpc) is 2.85. The summed E-state index contributed by atoms with van der Waals surface area (Å²) in [7, 11) is 1.45. The molecule has 18 heavy (non-hydrogen) atoms. The van der Waals surface area contributed by atoms with Gasteiger partial charge >= 0.3 is 0 Å². The second-order valence-corrected chi connectivity index (χ2v) is 4.02. The molecule has 0 saturated carbocycles. The zero-order chi connectivity index (χ0) is 12.3. The molecule has 1 aromatic carbocycles. The van der Waals surface area contributed by atoms with Crippen LogP contribution in [0, 0.1) is 11.7 Å². The summed E-state index contributed by atoms with van der Waals surface area (Å²) in [4.78, 5) is 11.9. The maximum Gasteiger partial charge on any atom is 0.228 e. The summed E-state index contributed by atoms with van der Waals surface area (Å²) in [5.74, 6) is -0.128. The van der Waals surface area contributed by atoms with E-state index in [4.69, 9.17) is 4.74 Å². The van der Waals surface area contributed by atoms with E-state index in [1.807, 2.05) is 0 Å². The van der Waals surface area contributed by atoms with Crippen LogP contribution in [0.3, 0.4) is 0 Å². The quantitative estimate of drug-likeness (QED) is 0.884. The first kappa shape index (κ1) is 14.7. The van der Waals surface area contributed by atoms with Gasteiger partial charge in [0, 0.05) is 12.6 Å². The first-order valence-corrected chi connectivity index (χ1v) is 5.56. The Hall–Kier alpha value is -1.33. The summed E-state index contributed by atoms with van der Waals surface area (Å²) < 4.78 is 18.0. The standard InChI is InChI=1S/C12H15FN2O2.ClH/c1-17-11-6-9(13)2-3-10(11)15-12(16)8-4-5-14-7-8;/h2-3,6,8,14H,4-5,7H2,1H3,(H,15,16);1H. The van der Waals surface area contributed by atoms with Crippen molar-refractivity contribution in [2.75, 3.05) is 25.5 Å². The van der Waals surface area contributed by atoms with E-state index in [-0.39, 0.29) is 30.0 Å². The van der Waals surface area contributed by atoms with Gasteiger partial charge in [0.15, 0.2) is 0 Å². The van der Waals surface area contributed by atoms with Crippen LogP contribution < -0.4 is 15.4 Å². The number of carbonyl (C=O) groups excluding carboxylic acids is 1. The van der Waals surface area contributed by atoms with Crippen LogP contribution in [-0.4, -0.2) is 26.1 Å². The van der Waals surface area contributed by atoms with Gasteiger partial charge in [-0.15, -0.1) is 12.4 Å². The van der Waals surface area contributed by atoms with Crippen LogP contribution in [0.5, 0.6) is 5.75 Å². The number of hydrogen-bond donors (Lipinski definition) is 2. The van der Waals surface area contributed by atoms with Gasteiger partial charge in [-0.1, -0.05) is 0 Å². The molecule has 1 atom stereocenters. The number of benzene rings is 1. The molecule has 1 unspecified atom stereocenters. The molecule has 1 heterocycles. The van der Waals surface area contributed by atoms with Crippen LogP contribution >= 0.6 is 12.4 Å². The summed E-state index contributed by atoms with van der Waals surface area (Å²) in [5.41, 5.74) is 0.505. The molecule has 0 aliphatic carbocycles. The fourth-order valence-corrected chi connectivity index (χ4v) is 1.88. The number of ether oxygens (including phenoxy) is 1. The molecule has 2 N–H and O–H groups in total. The monoisotopic (exact) mass is 274 g/mol. The maximum atomic E-state index is 13.0. The molecule has 1 amide bonds. The third-order valence-electron chi connectivity index (χ3n) is 2.85. The van der Waals surface area contributed by atoms with E-state index >= 15 is 0 Å². The van der Waals surface area contributed by atoms with E-state index in [0.29, 0.717) is 18.0 Å². The van der Waals surface area contributed by atoms with Crippen LogP contribution in [0.4, 0.5) is 10.1 Å². The van der Waals surface area contributed by atoms with Crippen molar-refractivity contribution in [3.63, 3.8) is 0 Å². The zero-order valence-electron chi connectivity index (χ0n) is 10.0. The molecule has 1 aromatic rings. The number of nitrogens with one attached hydrogen (secondary N) is 2. The number of methoxy groups -OCH3 is 1. The Morgan fingerprint density at radius 1 is 1.56 bits per heavy atom. The number of halogens is 2. The van der Waals surface area contributed by atoms with Crippen molar-refractivity contribution in [2.45, 2.75) is 6.42 Å². The van der Waals surface area contributed by atoms with Crippen LogP contribution in [0.25, 0.3) is 0 Å². The van der Waals surface area contributed by atoms with E-state index in [2.05, 4.69) is 10.6 Å². The van der Waals surface area contributed by atoms with E-state index in [1.54, 1.807) is 0 Å². The largest absolute Gasteiger partial charge is 0.494 e. The van der Waals surface area contributed by atoms with Gasteiger partial charge in [0.05, 0.1) is 18.7 Å². The van der Waals surface area contributed by atoms with E-state index in [0.717, 1.165) is 13.0 Å². The van der Waals surface area contributed by atoms with Gasteiger partial charge in [-0.25, -0.2) is 4.39 Å². The first-order valence-electron chi connectivity index (χ1n) is 5.56. The molecule has 4 nitrogen and oxygen atoms in total. The Bertz CT molecular complexity index is 423. The summed E-state index contributed by atoms with van der Waals surface area (Å²) in [6.07, 6.45) is 0.829. The van der Waals surface area contributed by atoms with Crippen LogP contribution in [0.1, 0.15) is 6.42 Å². The molecule has 1 aliphatic heterocycles. The summed E-state index contributed by atoms with van der Waals surface area (Å²) in [6.45, 7) is 1.55. The Morgan fingerprint density at radius 3 is 2.94 bits per heavy atom. The van der Waals surface area contributed by atoms with Crippen LogP contribution in [0.2, 0.25) is 0 Å². The van der Waals surface area contributed by atoms with Gasteiger partial charge in [-0.05, 0) is 25.1 Å². The zero-order valence-corrected chi connectivity index (χ0v) is 10.8. The van der Waals surface area contributed by atoms with Gasteiger partial charge in [0.25, 0.3) is 0 Å². The molecule has 1 fully saturated rings. The molecular weight excluding hydrogens is 259 g/mol. The SMILES string of the molecule is COc1cc(F)ccc1NC(=O)C1CCNC1.Cl. The van der Waals surface area contributed by atoms with Crippen LogP contribution in [-0.2, 0) is 4.79 Å². The van der Waals surface area contributed by atoms with Crippen LogP contribution in [0.15, 0.2) is 18.2 Å². The number of amides is 1. The third kappa shape index (κ3) is 3.34. The Morgan fingerprint density at radius 2 is 2.33 bits per heavy atom. The second-order valence-electron chi connectivity index (χ2n) is 4.02. The lowest BCUT2D eigenvalue weighted by Gasteiger charge is -2.12. The fourth-order valence-electron chi connectivity index (χ4n) is 1.88. The molecule has 1 saturated heterocycles. The highest BCUT2D eigenvalue weighted by Crippen LogP contribution is 2.25. The van der Waals surface area contributed by atoms with Gasteiger partial charge in [-0.3, -0.25) is 4.79 Å². The number of rotatable bonds is 3. The molecular formula is C12H16ClFN2O2. The highest BCUT2D eigenvalue weighted by molar-refractivity contribution is 5.94. The highest BCUT2D eigenvalue weighted by Gasteiger charge is 2.23.